The van der Waals surface area contributed by atoms with Crippen molar-refractivity contribution in [3.05, 3.63) is 34.9 Å². The smallest absolute Gasteiger partial charge is 0.311 e. The van der Waals surface area contributed by atoms with Crippen LogP contribution in [0.5, 0.6) is 0 Å². The van der Waals surface area contributed by atoms with Crippen LogP contribution >= 0.6 is 0 Å². The van der Waals surface area contributed by atoms with E-state index in [1.54, 1.807) is 13.8 Å². The van der Waals surface area contributed by atoms with Crippen molar-refractivity contribution in [3.8, 4) is 0 Å². The second kappa shape index (κ2) is 6.11. The first kappa shape index (κ1) is 16.5. The summed E-state index contributed by atoms with van der Waals surface area (Å²) in [7, 11) is 1.34. The highest BCUT2D eigenvalue weighted by molar-refractivity contribution is 5.79. The van der Waals surface area contributed by atoms with E-state index in [1.165, 1.54) is 18.2 Å². The highest BCUT2D eigenvalue weighted by atomic mass is 16.5. The number of fused-ring (bicyclic) bond motifs is 1. The molecule has 0 aromatic heterocycles. The van der Waals surface area contributed by atoms with E-state index in [0.29, 0.717) is 5.92 Å². The number of rotatable bonds is 5. The lowest BCUT2D eigenvalue weighted by atomic mass is 9.72. The highest BCUT2D eigenvalue weighted by Crippen LogP contribution is 2.42. The van der Waals surface area contributed by atoms with Crippen molar-refractivity contribution in [2.45, 2.75) is 51.9 Å². The zero-order chi connectivity index (χ0) is 16.5. The van der Waals surface area contributed by atoms with Crippen LogP contribution in [0, 0.1) is 5.41 Å². The van der Waals surface area contributed by atoms with Crippen molar-refractivity contribution in [3.63, 3.8) is 0 Å². The standard InChI is InChI=1S/C18H24O4/c1-11-5-6-12-7-8-13(9-14(11)12)15(10-16(19)20)18(2,3)17(21)22-4/h7-9,11,15H,5-6,10H2,1-4H3,(H,19,20). The van der Waals surface area contributed by atoms with Gasteiger partial charge in [-0.05, 0) is 49.3 Å². The Kier molecular flexibility index (Phi) is 4.59. The number of carbonyl (C=O) groups is 2. The second-order valence-electron chi connectivity index (χ2n) is 6.76. The van der Waals surface area contributed by atoms with E-state index in [4.69, 9.17) is 4.74 Å². The zero-order valence-electron chi connectivity index (χ0n) is 13.7. The van der Waals surface area contributed by atoms with Crippen LogP contribution in [-0.2, 0) is 20.7 Å². The van der Waals surface area contributed by atoms with Gasteiger partial charge in [0.25, 0.3) is 0 Å². The summed E-state index contributed by atoms with van der Waals surface area (Å²) in [5.41, 5.74) is 2.64. The van der Waals surface area contributed by atoms with Crippen LogP contribution in [0.1, 0.15) is 62.1 Å². The molecular weight excluding hydrogens is 280 g/mol. The summed E-state index contributed by atoms with van der Waals surface area (Å²) >= 11 is 0. The summed E-state index contributed by atoms with van der Waals surface area (Å²) in [4.78, 5) is 23.4. The van der Waals surface area contributed by atoms with E-state index in [1.807, 2.05) is 6.07 Å². The van der Waals surface area contributed by atoms with E-state index in [0.717, 1.165) is 18.4 Å². The third kappa shape index (κ3) is 3.01. The van der Waals surface area contributed by atoms with Gasteiger partial charge >= 0.3 is 11.9 Å². The molecule has 0 aliphatic heterocycles. The molecule has 0 fully saturated rings. The van der Waals surface area contributed by atoms with Crippen molar-refractivity contribution >= 4 is 11.9 Å². The monoisotopic (exact) mass is 304 g/mol. The van der Waals surface area contributed by atoms with Crippen LogP contribution in [0.25, 0.3) is 0 Å². The average Bonchev–Trinajstić information content (AvgIpc) is 2.84. The summed E-state index contributed by atoms with van der Waals surface area (Å²) in [6.07, 6.45) is 2.11. The maximum Gasteiger partial charge on any atom is 0.311 e. The first-order valence-corrected chi connectivity index (χ1v) is 7.70. The van der Waals surface area contributed by atoms with Gasteiger partial charge in [-0.1, -0.05) is 25.1 Å². The van der Waals surface area contributed by atoms with Crippen LogP contribution in [-0.4, -0.2) is 24.2 Å². The van der Waals surface area contributed by atoms with Gasteiger partial charge in [0, 0.05) is 5.92 Å². The molecule has 0 saturated heterocycles. The highest BCUT2D eigenvalue weighted by Gasteiger charge is 2.40. The number of hydrogen-bond donors (Lipinski definition) is 1. The molecule has 0 spiro atoms. The van der Waals surface area contributed by atoms with E-state index in [-0.39, 0.29) is 12.4 Å². The molecule has 2 rings (SSSR count). The molecule has 1 aromatic carbocycles. The largest absolute Gasteiger partial charge is 0.481 e. The van der Waals surface area contributed by atoms with Gasteiger partial charge in [0.1, 0.15) is 0 Å². The molecular formula is C18H24O4. The van der Waals surface area contributed by atoms with Crippen LogP contribution < -0.4 is 0 Å². The molecule has 1 aliphatic carbocycles. The maximum absolute atomic E-state index is 12.1. The Hall–Kier alpha value is -1.84. The van der Waals surface area contributed by atoms with Crippen LogP contribution in [0.4, 0.5) is 0 Å². The average molecular weight is 304 g/mol. The topological polar surface area (TPSA) is 63.6 Å². The molecule has 4 nitrogen and oxygen atoms in total. The number of aryl methyl sites for hydroxylation is 1. The first-order chi connectivity index (χ1) is 10.3. The fourth-order valence-electron chi connectivity index (χ4n) is 3.41. The lowest BCUT2D eigenvalue weighted by Gasteiger charge is -2.31. The normalized spacial score (nSPS) is 18.6. The summed E-state index contributed by atoms with van der Waals surface area (Å²) < 4.78 is 4.88. The number of ether oxygens (including phenoxy) is 1. The van der Waals surface area contributed by atoms with Gasteiger partial charge in [0.2, 0.25) is 0 Å². The Balaban J connectivity index is 2.44. The van der Waals surface area contributed by atoms with Crippen LogP contribution in [0.15, 0.2) is 18.2 Å². The van der Waals surface area contributed by atoms with Gasteiger partial charge in [-0.3, -0.25) is 9.59 Å². The number of esters is 1. The minimum atomic E-state index is -0.907. The molecule has 2 atom stereocenters. The number of hydrogen-bond acceptors (Lipinski definition) is 3. The van der Waals surface area contributed by atoms with E-state index in [9.17, 15) is 14.7 Å². The summed E-state index contributed by atoms with van der Waals surface area (Å²) in [6, 6.07) is 6.14. The first-order valence-electron chi connectivity index (χ1n) is 7.70. The van der Waals surface area contributed by atoms with Crippen molar-refractivity contribution in [1.82, 2.24) is 0 Å². The van der Waals surface area contributed by atoms with Crippen molar-refractivity contribution in [2.24, 2.45) is 5.41 Å². The molecule has 0 radical (unpaired) electrons. The molecule has 120 valence electrons. The number of methoxy groups -OCH3 is 1. The van der Waals surface area contributed by atoms with E-state index >= 15 is 0 Å². The van der Waals surface area contributed by atoms with Crippen LogP contribution in [0.2, 0.25) is 0 Å². The van der Waals surface area contributed by atoms with Gasteiger partial charge in [-0.25, -0.2) is 0 Å². The fourth-order valence-corrected chi connectivity index (χ4v) is 3.41. The SMILES string of the molecule is COC(=O)C(C)(C)C(CC(=O)O)c1ccc2c(c1)C(C)CC2. The van der Waals surface area contributed by atoms with Crippen molar-refractivity contribution < 1.29 is 19.4 Å². The maximum atomic E-state index is 12.1. The minimum Gasteiger partial charge on any atom is -0.481 e. The van der Waals surface area contributed by atoms with E-state index in [2.05, 4.69) is 19.1 Å². The van der Waals surface area contributed by atoms with Crippen molar-refractivity contribution in [1.29, 1.82) is 0 Å². The predicted octanol–water partition coefficient (Wildman–Crippen LogP) is 3.49. The number of carbonyl (C=O) groups excluding carboxylic acids is 1. The Morgan fingerprint density at radius 1 is 1.41 bits per heavy atom. The lowest BCUT2D eigenvalue weighted by Crippen LogP contribution is -2.34. The number of carboxylic acids is 1. The molecule has 0 amide bonds. The quantitative estimate of drug-likeness (QED) is 0.846. The summed E-state index contributed by atoms with van der Waals surface area (Å²) in [6.45, 7) is 5.69. The molecule has 22 heavy (non-hydrogen) atoms. The Morgan fingerprint density at radius 3 is 2.68 bits per heavy atom. The molecule has 0 heterocycles. The summed E-state index contributed by atoms with van der Waals surface area (Å²) in [5, 5.41) is 9.26. The van der Waals surface area contributed by atoms with Gasteiger partial charge in [-0.2, -0.15) is 0 Å². The minimum absolute atomic E-state index is 0.0880. The predicted molar refractivity (Wildman–Crippen MR) is 84.0 cm³/mol. The zero-order valence-corrected chi connectivity index (χ0v) is 13.7. The Bertz CT molecular complexity index is 589. The van der Waals surface area contributed by atoms with Crippen molar-refractivity contribution in [2.75, 3.05) is 7.11 Å². The summed E-state index contributed by atoms with van der Waals surface area (Å²) in [5.74, 6) is -1.21. The molecule has 2 unspecified atom stereocenters. The third-order valence-corrected chi connectivity index (χ3v) is 4.91. The van der Waals surface area contributed by atoms with Gasteiger partial charge in [0.15, 0.2) is 0 Å². The number of carboxylic acid groups (broad SMARTS) is 1. The van der Waals surface area contributed by atoms with Gasteiger partial charge in [-0.15, -0.1) is 0 Å². The van der Waals surface area contributed by atoms with Gasteiger partial charge in [0.05, 0.1) is 18.9 Å². The number of aliphatic carboxylic acids is 1. The number of benzene rings is 1. The lowest BCUT2D eigenvalue weighted by molar-refractivity contribution is -0.153. The van der Waals surface area contributed by atoms with E-state index < -0.39 is 17.3 Å². The molecule has 1 aliphatic rings. The second-order valence-corrected chi connectivity index (χ2v) is 6.76. The Labute approximate surface area is 131 Å². The Morgan fingerprint density at radius 2 is 2.09 bits per heavy atom. The van der Waals surface area contributed by atoms with Gasteiger partial charge < -0.3 is 9.84 Å². The molecule has 1 N–H and O–H groups in total. The molecule has 0 bridgehead atoms. The molecule has 4 heteroatoms. The van der Waals surface area contributed by atoms with Crippen LogP contribution in [0.3, 0.4) is 0 Å². The third-order valence-electron chi connectivity index (χ3n) is 4.91. The molecule has 1 aromatic rings. The molecule has 0 saturated carbocycles. The fraction of sp³-hybridized carbons (Fsp3) is 0.556.